The van der Waals surface area contributed by atoms with E-state index >= 15 is 0 Å². The molecule has 1 aromatic rings. The summed E-state index contributed by atoms with van der Waals surface area (Å²) in [7, 11) is 1.76. The van der Waals surface area contributed by atoms with E-state index in [0.717, 1.165) is 32.3 Å². The van der Waals surface area contributed by atoms with Crippen molar-refractivity contribution in [3.63, 3.8) is 0 Å². The Kier molecular flexibility index (Phi) is 7.24. The Bertz CT molecular complexity index is 566. The lowest BCUT2D eigenvalue weighted by Gasteiger charge is -2.56. The molecule has 3 atom stereocenters. The van der Waals surface area contributed by atoms with Crippen molar-refractivity contribution in [3.05, 3.63) is 48.0 Å². The topological polar surface area (TPSA) is 35.5 Å². The maximum absolute atomic E-state index is 12.0. The molecule has 3 heteroatoms. The maximum atomic E-state index is 12.0. The molecule has 0 radical (unpaired) electrons. The Hall–Kier alpha value is -1.61. The molecule has 0 heterocycles. The molecular weight excluding hydrogens is 312 g/mol. The van der Waals surface area contributed by atoms with Crippen LogP contribution in [-0.4, -0.2) is 26.3 Å². The van der Waals surface area contributed by atoms with Crippen LogP contribution in [0.4, 0.5) is 0 Å². The van der Waals surface area contributed by atoms with Crippen molar-refractivity contribution in [1.82, 2.24) is 0 Å². The molecule has 25 heavy (non-hydrogen) atoms. The summed E-state index contributed by atoms with van der Waals surface area (Å²) in [6, 6.07) is 10.6. The molecule has 0 spiro atoms. The average Bonchev–Trinajstić information content (AvgIpc) is 2.63. The highest BCUT2D eigenvalue weighted by atomic mass is 16.5. The van der Waals surface area contributed by atoms with E-state index < -0.39 is 0 Å². The largest absolute Gasteiger partial charge is 0.463 e. The molecule has 1 fully saturated rings. The molecule has 0 aliphatic heterocycles. The van der Waals surface area contributed by atoms with Crippen molar-refractivity contribution in [3.8, 4) is 0 Å². The first-order valence-electron chi connectivity index (χ1n) is 9.44. The number of ether oxygens (including phenoxy) is 2. The van der Waals surface area contributed by atoms with Crippen molar-refractivity contribution in [2.24, 2.45) is 17.3 Å². The zero-order chi connectivity index (χ0) is 18.3. The molecule has 1 aromatic carbocycles. The SMILES string of the molecule is C=C(C[C@H]1[C@H](COC)C[C@]1(CC)CCc1ccccc1)C(=O)OCC. The first-order chi connectivity index (χ1) is 12.1. The quantitative estimate of drug-likeness (QED) is 0.451. The fourth-order valence-corrected chi connectivity index (χ4v) is 4.42. The second-order valence-electron chi connectivity index (χ2n) is 7.26. The van der Waals surface area contributed by atoms with Crippen LogP contribution in [0.15, 0.2) is 42.5 Å². The standard InChI is InChI=1S/C22H32O3/c1-5-22(13-12-18-10-8-7-9-11-18)15-19(16-24-4)20(22)14-17(3)21(23)25-6-2/h7-11,19-20H,3,5-6,12-16H2,1-2,4H3/t19-,20-,22-/m0/s1. The molecule has 1 aliphatic rings. The van der Waals surface area contributed by atoms with Gasteiger partial charge < -0.3 is 9.47 Å². The summed E-state index contributed by atoms with van der Waals surface area (Å²) in [4.78, 5) is 12.0. The summed E-state index contributed by atoms with van der Waals surface area (Å²) in [6.45, 7) is 9.25. The minimum Gasteiger partial charge on any atom is -0.463 e. The van der Waals surface area contributed by atoms with E-state index in [4.69, 9.17) is 9.47 Å². The second-order valence-corrected chi connectivity index (χ2v) is 7.26. The highest BCUT2D eigenvalue weighted by Crippen LogP contribution is 2.58. The summed E-state index contributed by atoms with van der Waals surface area (Å²) in [5, 5.41) is 0. The van der Waals surface area contributed by atoms with Crippen molar-refractivity contribution >= 4 is 5.97 Å². The average molecular weight is 344 g/mol. The van der Waals surface area contributed by atoms with E-state index in [0.29, 0.717) is 24.0 Å². The van der Waals surface area contributed by atoms with Gasteiger partial charge >= 0.3 is 5.97 Å². The molecule has 0 N–H and O–H groups in total. The molecule has 2 rings (SSSR count). The van der Waals surface area contributed by atoms with Gasteiger partial charge in [0.2, 0.25) is 0 Å². The fourth-order valence-electron chi connectivity index (χ4n) is 4.42. The van der Waals surface area contributed by atoms with E-state index in [9.17, 15) is 4.79 Å². The minimum absolute atomic E-state index is 0.251. The third kappa shape index (κ3) is 4.72. The summed E-state index contributed by atoms with van der Waals surface area (Å²) in [5.74, 6) is 0.698. The predicted octanol–water partition coefficient (Wildman–Crippen LogP) is 4.81. The van der Waals surface area contributed by atoms with Crippen molar-refractivity contribution in [1.29, 1.82) is 0 Å². The van der Waals surface area contributed by atoms with Gasteiger partial charge in [0.25, 0.3) is 0 Å². The predicted molar refractivity (Wildman–Crippen MR) is 101 cm³/mol. The fraction of sp³-hybridized carbons (Fsp3) is 0.591. The number of esters is 1. The minimum atomic E-state index is -0.251. The number of hydrogen-bond acceptors (Lipinski definition) is 3. The van der Waals surface area contributed by atoms with Crippen LogP contribution in [-0.2, 0) is 20.7 Å². The number of carbonyl (C=O) groups excluding carboxylic acids is 1. The van der Waals surface area contributed by atoms with Gasteiger partial charge in [0.1, 0.15) is 0 Å². The van der Waals surface area contributed by atoms with Crippen LogP contribution in [0.1, 0.15) is 45.1 Å². The van der Waals surface area contributed by atoms with E-state index in [2.05, 4.69) is 43.8 Å². The highest BCUT2D eigenvalue weighted by Gasteiger charge is 2.51. The highest BCUT2D eigenvalue weighted by molar-refractivity contribution is 5.87. The maximum Gasteiger partial charge on any atom is 0.333 e. The van der Waals surface area contributed by atoms with E-state index in [-0.39, 0.29) is 11.4 Å². The number of methoxy groups -OCH3 is 1. The van der Waals surface area contributed by atoms with Crippen LogP contribution in [0, 0.1) is 17.3 Å². The van der Waals surface area contributed by atoms with Crippen LogP contribution in [0.3, 0.4) is 0 Å². The Morgan fingerprint density at radius 1 is 1.28 bits per heavy atom. The number of hydrogen-bond donors (Lipinski definition) is 0. The molecule has 0 bridgehead atoms. The molecule has 0 aromatic heterocycles. The van der Waals surface area contributed by atoms with Crippen LogP contribution in [0.25, 0.3) is 0 Å². The third-order valence-electron chi connectivity index (χ3n) is 5.89. The first-order valence-corrected chi connectivity index (χ1v) is 9.44. The van der Waals surface area contributed by atoms with Gasteiger partial charge in [-0.1, -0.05) is 50.3 Å². The summed E-state index contributed by atoms with van der Waals surface area (Å²) < 4.78 is 10.6. The van der Waals surface area contributed by atoms with Gasteiger partial charge in [-0.3, -0.25) is 0 Å². The van der Waals surface area contributed by atoms with Gasteiger partial charge in [0.05, 0.1) is 6.61 Å². The lowest BCUT2D eigenvalue weighted by Crippen LogP contribution is -2.50. The number of carbonyl (C=O) groups is 1. The van der Waals surface area contributed by atoms with E-state index in [1.165, 1.54) is 12.0 Å². The van der Waals surface area contributed by atoms with Crippen LogP contribution < -0.4 is 0 Å². The van der Waals surface area contributed by atoms with Crippen LogP contribution >= 0.6 is 0 Å². The number of rotatable bonds is 10. The van der Waals surface area contributed by atoms with Crippen molar-refractivity contribution < 1.29 is 14.3 Å². The van der Waals surface area contributed by atoms with Crippen molar-refractivity contribution in [2.45, 2.75) is 46.0 Å². The van der Waals surface area contributed by atoms with Gasteiger partial charge in [0.15, 0.2) is 0 Å². The van der Waals surface area contributed by atoms with Gasteiger partial charge in [-0.2, -0.15) is 0 Å². The summed E-state index contributed by atoms with van der Waals surface area (Å²) in [6.07, 6.45) is 5.24. The third-order valence-corrected chi connectivity index (χ3v) is 5.89. The molecule has 3 nitrogen and oxygen atoms in total. The van der Waals surface area contributed by atoms with Gasteiger partial charge in [-0.25, -0.2) is 4.79 Å². The van der Waals surface area contributed by atoms with Gasteiger partial charge in [0, 0.05) is 19.3 Å². The monoisotopic (exact) mass is 344 g/mol. The Balaban J connectivity index is 2.06. The Labute approximate surface area is 152 Å². The smallest absolute Gasteiger partial charge is 0.333 e. The van der Waals surface area contributed by atoms with Crippen LogP contribution in [0.5, 0.6) is 0 Å². The summed E-state index contributed by atoms with van der Waals surface area (Å²) >= 11 is 0. The molecule has 0 amide bonds. The number of aryl methyl sites for hydroxylation is 1. The van der Waals surface area contributed by atoms with Crippen molar-refractivity contribution in [2.75, 3.05) is 20.3 Å². The Morgan fingerprint density at radius 2 is 2.00 bits per heavy atom. The molecule has 0 saturated heterocycles. The molecule has 1 aliphatic carbocycles. The van der Waals surface area contributed by atoms with E-state index in [1.54, 1.807) is 7.11 Å². The molecular formula is C22H32O3. The molecule has 138 valence electrons. The number of benzene rings is 1. The van der Waals surface area contributed by atoms with E-state index in [1.807, 2.05) is 6.92 Å². The van der Waals surface area contributed by atoms with Gasteiger partial charge in [-0.15, -0.1) is 0 Å². The molecule has 1 saturated carbocycles. The Morgan fingerprint density at radius 3 is 2.60 bits per heavy atom. The van der Waals surface area contributed by atoms with Gasteiger partial charge in [-0.05, 0) is 55.4 Å². The first kappa shape index (κ1) is 19.7. The van der Waals surface area contributed by atoms with Crippen LogP contribution in [0.2, 0.25) is 0 Å². The summed E-state index contributed by atoms with van der Waals surface area (Å²) in [5.41, 5.74) is 2.26. The lowest BCUT2D eigenvalue weighted by molar-refractivity contribution is -0.140. The zero-order valence-corrected chi connectivity index (χ0v) is 15.9. The molecule has 0 unspecified atom stereocenters. The second kappa shape index (κ2) is 9.19. The zero-order valence-electron chi connectivity index (χ0n) is 15.9. The lowest BCUT2D eigenvalue weighted by atomic mass is 9.49. The normalized spacial score (nSPS) is 25.2.